The van der Waals surface area contributed by atoms with E-state index in [1.165, 1.54) is 0 Å². The van der Waals surface area contributed by atoms with Crippen LogP contribution in [-0.4, -0.2) is 37.0 Å². The quantitative estimate of drug-likeness (QED) is 0.835. The van der Waals surface area contributed by atoms with Crippen LogP contribution in [0.4, 0.5) is 0 Å². The monoisotopic (exact) mass is 263 g/mol. The van der Waals surface area contributed by atoms with Crippen LogP contribution in [0.1, 0.15) is 25.8 Å². The summed E-state index contributed by atoms with van der Waals surface area (Å²) < 4.78 is 10.6. The van der Waals surface area contributed by atoms with Crippen LogP contribution in [0.5, 0.6) is 11.5 Å². The van der Waals surface area contributed by atoms with E-state index in [0.29, 0.717) is 25.3 Å². The predicted octanol–water partition coefficient (Wildman–Crippen LogP) is 2.26. The number of benzene rings is 1. The lowest BCUT2D eigenvalue weighted by atomic mass is 10.0. The van der Waals surface area contributed by atoms with Gasteiger partial charge in [0.05, 0.1) is 20.8 Å². The van der Waals surface area contributed by atoms with E-state index in [-0.39, 0.29) is 5.54 Å². The molecule has 2 rings (SSSR count). The van der Waals surface area contributed by atoms with Gasteiger partial charge in [-0.1, -0.05) is 0 Å². The Balaban J connectivity index is 2.25. The van der Waals surface area contributed by atoms with Crippen LogP contribution in [0, 0.1) is 0 Å². The predicted molar refractivity (Wildman–Crippen MR) is 73.7 cm³/mol. The van der Waals surface area contributed by atoms with Crippen molar-refractivity contribution in [1.82, 2.24) is 4.90 Å². The maximum Gasteiger partial charge on any atom is 0.148 e. The number of ketones is 1. The third-order valence-corrected chi connectivity index (χ3v) is 3.70. The molecule has 0 spiro atoms. The molecule has 1 heterocycles. The lowest BCUT2D eigenvalue weighted by molar-refractivity contribution is -0.117. The SMILES string of the molecule is COc1ccc(OC)c(CN2CC(=O)CC2(C)C)c1. The van der Waals surface area contributed by atoms with E-state index in [1.807, 2.05) is 18.2 Å². The van der Waals surface area contributed by atoms with Gasteiger partial charge in [-0.2, -0.15) is 0 Å². The number of carbonyl (C=O) groups is 1. The fourth-order valence-electron chi connectivity index (χ4n) is 2.56. The van der Waals surface area contributed by atoms with Gasteiger partial charge >= 0.3 is 0 Å². The van der Waals surface area contributed by atoms with E-state index in [0.717, 1.165) is 17.1 Å². The summed E-state index contributed by atoms with van der Waals surface area (Å²) in [5.41, 5.74) is 0.954. The first-order chi connectivity index (χ1) is 8.96. The Morgan fingerprint density at radius 3 is 2.53 bits per heavy atom. The van der Waals surface area contributed by atoms with Gasteiger partial charge in [0.25, 0.3) is 0 Å². The zero-order chi connectivity index (χ0) is 14.0. The van der Waals surface area contributed by atoms with Crippen LogP contribution in [0.3, 0.4) is 0 Å². The molecule has 4 heteroatoms. The van der Waals surface area contributed by atoms with E-state index >= 15 is 0 Å². The number of rotatable bonds is 4. The molecule has 1 saturated heterocycles. The van der Waals surface area contributed by atoms with Crippen LogP contribution < -0.4 is 9.47 Å². The highest BCUT2D eigenvalue weighted by atomic mass is 16.5. The van der Waals surface area contributed by atoms with Crippen molar-refractivity contribution in [3.05, 3.63) is 23.8 Å². The van der Waals surface area contributed by atoms with Crippen LogP contribution in [0.2, 0.25) is 0 Å². The van der Waals surface area contributed by atoms with Crippen LogP contribution in [0.15, 0.2) is 18.2 Å². The van der Waals surface area contributed by atoms with Gasteiger partial charge in [-0.3, -0.25) is 9.69 Å². The van der Waals surface area contributed by atoms with E-state index in [4.69, 9.17) is 9.47 Å². The van der Waals surface area contributed by atoms with Gasteiger partial charge in [0.1, 0.15) is 17.3 Å². The zero-order valence-corrected chi connectivity index (χ0v) is 12.0. The highest BCUT2D eigenvalue weighted by Gasteiger charge is 2.37. The van der Waals surface area contributed by atoms with Crippen molar-refractivity contribution in [2.75, 3.05) is 20.8 Å². The van der Waals surface area contributed by atoms with Gasteiger partial charge in [-0.25, -0.2) is 0 Å². The summed E-state index contributed by atoms with van der Waals surface area (Å²) in [7, 11) is 3.31. The van der Waals surface area contributed by atoms with Gasteiger partial charge in [0.2, 0.25) is 0 Å². The number of likely N-dealkylation sites (tertiary alicyclic amines) is 1. The lowest BCUT2D eigenvalue weighted by Gasteiger charge is -2.31. The summed E-state index contributed by atoms with van der Waals surface area (Å²) in [5.74, 6) is 1.93. The number of ether oxygens (including phenoxy) is 2. The lowest BCUT2D eigenvalue weighted by Crippen LogP contribution is -2.37. The molecule has 19 heavy (non-hydrogen) atoms. The van der Waals surface area contributed by atoms with Crippen molar-refractivity contribution in [2.45, 2.75) is 32.4 Å². The number of nitrogens with zero attached hydrogens (tertiary/aromatic N) is 1. The molecule has 1 aromatic rings. The van der Waals surface area contributed by atoms with Gasteiger partial charge < -0.3 is 9.47 Å². The molecule has 0 radical (unpaired) electrons. The molecule has 0 bridgehead atoms. The molecule has 0 aromatic heterocycles. The summed E-state index contributed by atoms with van der Waals surface area (Å²) in [6, 6.07) is 5.75. The maximum atomic E-state index is 11.6. The molecule has 0 N–H and O–H groups in total. The zero-order valence-electron chi connectivity index (χ0n) is 12.0. The summed E-state index contributed by atoms with van der Waals surface area (Å²) in [6.45, 7) is 5.40. The Morgan fingerprint density at radius 2 is 2.00 bits per heavy atom. The molecular weight excluding hydrogens is 242 g/mol. The van der Waals surface area contributed by atoms with Crippen LogP contribution in [-0.2, 0) is 11.3 Å². The number of hydrogen-bond acceptors (Lipinski definition) is 4. The molecule has 1 aliphatic heterocycles. The summed E-state index contributed by atoms with van der Waals surface area (Å²) >= 11 is 0. The van der Waals surface area contributed by atoms with Gasteiger partial charge in [-0.05, 0) is 32.0 Å². The molecule has 1 fully saturated rings. The largest absolute Gasteiger partial charge is 0.497 e. The number of carbonyl (C=O) groups excluding carboxylic acids is 1. The topological polar surface area (TPSA) is 38.8 Å². The average molecular weight is 263 g/mol. The van der Waals surface area contributed by atoms with Crippen molar-refractivity contribution < 1.29 is 14.3 Å². The van der Waals surface area contributed by atoms with Crippen molar-refractivity contribution in [2.24, 2.45) is 0 Å². The maximum absolute atomic E-state index is 11.6. The molecule has 0 saturated carbocycles. The second-order valence-electron chi connectivity index (χ2n) is 5.56. The van der Waals surface area contributed by atoms with E-state index < -0.39 is 0 Å². The van der Waals surface area contributed by atoms with Crippen LogP contribution in [0.25, 0.3) is 0 Å². The van der Waals surface area contributed by atoms with Crippen molar-refractivity contribution in [3.63, 3.8) is 0 Å². The van der Waals surface area contributed by atoms with E-state index in [1.54, 1.807) is 14.2 Å². The molecule has 0 unspecified atom stereocenters. The Bertz CT molecular complexity index is 482. The first kappa shape index (κ1) is 13.9. The van der Waals surface area contributed by atoms with Crippen molar-refractivity contribution in [3.8, 4) is 11.5 Å². The number of methoxy groups -OCH3 is 2. The first-order valence-corrected chi connectivity index (χ1v) is 6.44. The summed E-state index contributed by atoms with van der Waals surface area (Å²) in [6.07, 6.45) is 0.610. The Morgan fingerprint density at radius 1 is 1.26 bits per heavy atom. The second-order valence-corrected chi connectivity index (χ2v) is 5.56. The molecule has 4 nitrogen and oxygen atoms in total. The van der Waals surface area contributed by atoms with Crippen molar-refractivity contribution >= 4 is 5.78 Å². The fourth-order valence-corrected chi connectivity index (χ4v) is 2.56. The number of hydrogen-bond donors (Lipinski definition) is 0. The third-order valence-electron chi connectivity index (χ3n) is 3.70. The average Bonchev–Trinajstić information content (AvgIpc) is 2.62. The molecule has 0 amide bonds. The fraction of sp³-hybridized carbons (Fsp3) is 0.533. The second kappa shape index (κ2) is 5.21. The third kappa shape index (κ3) is 2.89. The minimum Gasteiger partial charge on any atom is -0.497 e. The molecule has 0 aliphatic carbocycles. The van der Waals surface area contributed by atoms with Gasteiger partial charge in [0, 0.05) is 24.1 Å². The molecule has 104 valence electrons. The highest BCUT2D eigenvalue weighted by molar-refractivity contribution is 5.84. The van der Waals surface area contributed by atoms with Crippen LogP contribution >= 0.6 is 0 Å². The van der Waals surface area contributed by atoms with E-state index in [9.17, 15) is 4.79 Å². The molecular formula is C15H21NO3. The molecule has 0 atom stereocenters. The summed E-state index contributed by atoms with van der Waals surface area (Å²) in [5, 5.41) is 0. The minimum atomic E-state index is -0.0921. The van der Waals surface area contributed by atoms with Gasteiger partial charge in [0.15, 0.2) is 0 Å². The standard InChI is InChI=1S/C15H21NO3/c1-15(2)8-12(17)10-16(15)9-11-7-13(18-3)5-6-14(11)19-4/h5-7H,8-10H2,1-4H3. The Labute approximate surface area is 114 Å². The Hall–Kier alpha value is -1.55. The molecule has 1 aliphatic rings. The normalized spacial score (nSPS) is 18.6. The highest BCUT2D eigenvalue weighted by Crippen LogP contribution is 2.31. The van der Waals surface area contributed by atoms with E-state index in [2.05, 4.69) is 18.7 Å². The first-order valence-electron chi connectivity index (χ1n) is 6.44. The van der Waals surface area contributed by atoms with Crippen molar-refractivity contribution in [1.29, 1.82) is 0 Å². The Kier molecular flexibility index (Phi) is 3.80. The smallest absolute Gasteiger partial charge is 0.148 e. The summed E-state index contributed by atoms with van der Waals surface area (Å²) in [4.78, 5) is 13.8. The minimum absolute atomic E-state index is 0.0921. The molecule has 1 aromatic carbocycles. The van der Waals surface area contributed by atoms with Gasteiger partial charge in [-0.15, -0.1) is 0 Å². The number of Topliss-reactive ketones (excluding diaryl/α,β-unsaturated/α-hetero) is 1.